The van der Waals surface area contributed by atoms with Gasteiger partial charge < -0.3 is 10.2 Å². The normalized spacial score (nSPS) is 10.6. The lowest BCUT2D eigenvalue weighted by Crippen LogP contribution is -2.18. The molecule has 3 heteroatoms. The maximum atomic E-state index is 14.4. The highest BCUT2D eigenvalue weighted by molar-refractivity contribution is 5.66. The van der Waals surface area contributed by atoms with Crippen molar-refractivity contribution in [2.75, 3.05) is 18.5 Å². The van der Waals surface area contributed by atoms with Crippen LogP contribution in [0.5, 0.6) is 0 Å². The zero-order valence-electron chi connectivity index (χ0n) is 12.3. The van der Waals surface area contributed by atoms with Gasteiger partial charge in [-0.1, -0.05) is 24.3 Å². The van der Waals surface area contributed by atoms with Gasteiger partial charge >= 0.3 is 0 Å². The Morgan fingerprint density at radius 3 is 2.45 bits per heavy atom. The summed E-state index contributed by atoms with van der Waals surface area (Å²) in [5.41, 5.74) is 3.78. The Bertz CT molecular complexity index is 581. The second-order valence-corrected chi connectivity index (χ2v) is 4.85. The van der Waals surface area contributed by atoms with Crippen molar-refractivity contribution in [3.63, 3.8) is 0 Å². The zero-order valence-corrected chi connectivity index (χ0v) is 12.3. The monoisotopic (exact) mass is 272 g/mol. The Morgan fingerprint density at radius 1 is 1.10 bits per heavy atom. The van der Waals surface area contributed by atoms with Gasteiger partial charge in [-0.15, -0.1) is 0 Å². The molecular formula is C17H21FN2. The Labute approximate surface area is 120 Å². The van der Waals surface area contributed by atoms with Gasteiger partial charge in [-0.05, 0) is 50.2 Å². The summed E-state index contributed by atoms with van der Waals surface area (Å²) in [4.78, 5) is 2.01. The van der Waals surface area contributed by atoms with Crippen molar-refractivity contribution in [3.8, 4) is 0 Å². The fourth-order valence-corrected chi connectivity index (χ4v) is 2.42. The quantitative estimate of drug-likeness (QED) is 0.884. The highest BCUT2D eigenvalue weighted by Gasteiger charge is 2.14. The molecule has 0 atom stereocenters. The lowest BCUT2D eigenvalue weighted by atomic mass is 10.1. The van der Waals surface area contributed by atoms with E-state index in [1.54, 1.807) is 6.07 Å². The minimum Gasteiger partial charge on any atom is -0.339 e. The number of anilines is 2. The predicted molar refractivity (Wildman–Crippen MR) is 83.0 cm³/mol. The molecule has 20 heavy (non-hydrogen) atoms. The molecule has 1 N–H and O–H groups in total. The molecule has 2 aromatic rings. The molecule has 0 saturated heterocycles. The Morgan fingerprint density at radius 2 is 1.85 bits per heavy atom. The van der Waals surface area contributed by atoms with Crippen LogP contribution in [0.1, 0.15) is 18.1 Å². The molecule has 0 aliphatic carbocycles. The fraction of sp³-hybridized carbons (Fsp3) is 0.294. The maximum Gasteiger partial charge on any atom is 0.147 e. The number of para-hydroxylation sites is 1. The molecule has 0 amide bonds. The fourth-order valence-electron chi connectivity index (χ4n) is 2.42. The van der Waals surface area contributed by atoms with E-state index in [1.165, 1.54) is 0 Å². The van der Waals surface area contributed by atoms with Crippen LogP contribution in [-0.2, 0) is 6.54 Å². The molecule has 0 saturated carbocycles. The number of aryl methyl sites for hydroxylation is 1. The average Bonchev–Trinajstić information content (AvgIpc) is 2.44. The largest absolute Gasteiger partial charge is 0.339 e. The van der Waals surface area contributed by atoms with Crippen LogP contribution in [-0.4, -0.2) is 13.6 Å². The van der Waals surface area contributed by atoms with Gasteiger partial charge in [-0.3, -0.25) is 0 Å². The summed E-state index contributed by atoms with van der Waals surface area (Å²) in [6.07, 6.45) is 0. The number of rotatable bonds is 5. The zero-order chi connectivity index (χ0) is 14.5. The first-order chi connectivity index (χ1) is 9.67. The van der Waals surface area contributed by atoms with E-state index in [4.69, 9.17) is 0 Å². The summed E-state index contributed by atoms with van der Waals surface area (Å²) in [6, 6.07) is 13.5. The molecule has 106 valence electrons. The van der Waals surface area contributed by atoms with Crippen LogP contribution < -0.4 is 10.2 Å². The molecule has 0 spiro atoms. The SMILES string of the molecule is CCN(c1ccccc1C)c1ccc(CNC)cc1F. The van der Waals surface area contributed by atoms with Gasteiger partial charge in [0.1, 0.15) is 5.82 Å². The molecule has 0 bridgehead atoms. The molecule has 0 aliphatic rings. The molecular weight excluding hydrogens is 251 g/mol. The van der Waals surface area contributed by atoms with E-state index in [0.29, 0.717) is 12.2 Å². The van der Waals surface area contributed by atoms with Crippen LogP contribution in [0.15, 0.2) is 42.5 Å². The van der Waals surface area contributed by atoms with Crippen molar-refractivity contribution >= 4 is 11.4 Å². The van der Waals surface area contributed by atoms with Crippen LogP contribution >= 0.6 is 0 Å². The molecule has 2 rings (SSSR count). The summed E-state index contributed by atoms with van der Waals surface area (Å²) in [7, 11) is 1.86. The van der Waals surface area contributed by atoms with Crippen molar-refractivity contribution in [2.24, 2.45) is 0 Å². The van der Waals surface area contributed by atoms with Crippen molar-refractivity contribution in [3.05, 3.63) is 59.4 Å². The number of hydrogen-bond donors (Lipinski definition) is 1. The minimum absolute atomic E-state index is 0.178. The van der Waals surface area contributed by atoms with Crippen LogP contribution in [0.2, 0.25) is 0 Å². The minimum atomic E-state index is -0.178. The van der Waals surface area contributed by atoms with Gasteiger partial charge in [0.2, 0.25) is 0 Å². The Kier molecular flexibility index (Phi) is 4.74. The summed E-state index contributed by atoms with van der Waals surface area (Å²) in [5, 5.41) is 3.03. The van der Waals surface area contributed by atoms with E-state index in [-0.39, 0.29) is 5.82 Å². The van der Waals surface area contributed by atoms with Crippen molar-refractivity contribution < 1.29 is 4.39 Å². The number of halogens is 1. The highest BCUT2D eigenvalue weighted by Crippen LogP contribution is 2.30. The summed E-state index contributed by atoms with van der Waals surface area (Å²) < 4.78 is 14.4. The van der Waals surface area contributed by atoms with E-state index in [0.717, 1.165) is 23.4 Å². The molecule has 2 aromatic carbocycles. The highest BCUT2D eigenvalue weighted by atomic mass is 19.1. The van der Waals surface area contributed by atoms with Gasteiger partial charge in [-0.25, -0.2) is 4.39 Å². The van der Waals surface area contributed by atoms with Crippen molar-refractivity contribution in [1.29, 1.82) is 0 Å². The Hall–Kier alpha value is -1.87. The van der Waals surface area contributed by atoms with E-state index < -0.39 is 0 Å². The second-order valence-electron chi connectivity index (χ2n) is 4.85. The third-order valence-electron chi connectivity index (χ3n) is 3.41. The standard InChI is InChI=1S/C17H21FN2/c1-4-20(16-8-6-5-7-13(16)2)17-10-9-14(12-19-3)11-15(17)18/h5-11,19H,4,12H2,1-3H3. The lowest BCUT2D eigenvalue weighted by Gasteiger charge is -2.25. The number of hydrogen-bond acceptors (Lipinski definition) is 2. The first kappa shape index (κ1) is 14.5. The topological polar surface area (TPSA) is 15.3 Å². The molecule has 0 aromatic heterocycles. The van der Waals surface area contributed by atoms with Gasteiger partial charge in [0.15, 0.2) is 0 Å². The van der Waals surface area contributed by atoms with Gasteiger partial charge in [0.05, 0.1) is 5.69 Å². The molecule has 0 unspecified atom stereocenters. The molecule has 0 radical (unpaired) electrons. The van der Waals surface area contributed by atoms with Gasteiger partial charge in [0, 0.05) is 18.8 Å². The van der Waals surface area contributed by atoms with Crippen LogP contribution in [0.4, 0.5) is 15.8 Å². The Balaban J connectivity index is 2.40. The first-order valence-electron chi connectivity index (χ1n) is 6.93. The summed E-state index contributed by atoms with van der Waals surface area (Å²) in [5.74, 6) is -0.178. The molecule has 2 nitrogen and oxygen atoms in total. The van der Waals surface area contributed by atoms with E-state index >= 15 is 0 Å². The molecule has 0 heterocycles. The third kappa shape index (κ3) is 2.99. The number of benzene rings is 2. The van der Waals surface area contributed by atoms with Crippen LogP contribution in [0, 0.1) is 12.7 Å². The van der Waals surface area contributed by atoms with E-state index in [2.05, 4.69) is 5.32 Å². The van der Waals surface area contributed by atoms with Crippen molar-refractivity contribution in [1.82, 2.24) is 5.32 Å². The summed E-state index contributed by atoms with van der Waals surface area (Å²) in [6.45, 7) is 5.49. The average molecular weight is 272 g/mol. The van der Waals surface area contributed by atoms with Gasteiger partial charge in [-0.2, -0.15) is 0 Å². The first-order valence-corrected chi connectivity index (χ1v) is 6.93. The second kappa shape index (κ2) is 6.53. The number of nitrogens with zero attached hydrogens (tertiary/aromatic N) is 1. The van der Waals surface area contributed by atoms with E-state index in [9.17, 15) is 4.39 Å². The van der Waals surface area contributed by atoms with Gasteiger partial charge in [0.25, 0.3) is 0 Å². The van der Waals surface area contributed by atoms with Crippen LogP contribution in [0.3, 0.4) is 0 Å². The lowest BCUT2D eigenvalue weighted by molar-refractivity contribution is 0.621. The third-order valence-corrected chi connectivity index (χ3v) is 3.41. The smallest absolute Gasteiger partial charge is 0.147 e. The van der Waals surface area contributed by atoms with E-state index in [1.807, 2.05) is 62.2 Å². The van der Waals surface area contributed by atoms with Crippen molar-refractivity contribution in [2.45, 2.75) is 20.4 Å². The molecule has 0 aliphatic heterocycles. The maximum absolute atomic E-state index is 14.4. The summed E-state index contributed by atoms with van der Waals surface area (Å²) >= 11 is 0. The predicted octanol–water partition coefficient (Wildman–Crippen LogP) is 4.01. The van der Waals surface area contributed by atoms with Crippen LogP contribution in [0.25, 0.3) is 0 Å². The number of nitrogens with one attached hydrogen (secondary N) is 1. The molecule has 0 fully saturated rings.